The van der Waals surface area contributed by atoms with Gasteiger partial charge in [0.1, 0.15) is 12.2 Å². The molecule has 0 N–H and O–H groups in total. The van der Waals surface area contributed by atoms with Crippen LogP contribution in [0.1, 0.15) is 18.6 Å². The first-order valence-corrected chi connectivity index (χ1v) is 4.92. The Kier molecular flexibility index (Phi) is 2.89. The molecule has 2 atom stereocenters. The number of rotatable bonds is 3. The van der Waals surface area contributed by atoms with Gasteiger partial charge in [0.05, 0.1) is 4.92 Å². The number of nitrogens with zero attached hydrogens (tertiary/aromatic N) is 1. The average Bonchev–Trinajstić information content (AvgIpc) is 3.08. The number of benzene rings is 1. The van der Waals surface area contributed by atoms with Crippen LogP contribution in [-0.4, -0.2) is 11.0 Å². The van der Waals surface area contributed by atoms with Crippen LogP contribution < -0.4 is 0 Å². The first-order valence-electron chi connectivity index (χ1n) is 4.92. The van der Waals surface area contributed by atoms with E-state index in [1.165, 1.54) is 31.2 Å². The fourth-order valence-corrected chi connectivity index (χ4v) is 1.59. The van der Waals surface area contributed by atoms with Gasteiger partial charge in [0.2, 0.25) is 0 Å². The minimum atomic E-state index is -1.74. The summed E-state index contributed by atoms with van der Waals surface area (Å²) in [6.45, 7) is 1.31. The van der Waals surface area contributed by atoms with Gasteiger partial charge in [-0.1, -0.05) is 0 Å². The minimum Gasteiger partial charge on any atom is -0.360 e. The van der Waals surface area contributed by atoms with E-state index in [9.17, 15) is 18.9 Å². The van der Waals surface area contributed by atoms with Gasteiger partial charge in [0.25, 0.3) is 11.8 Å². The lowest BCUT2D eigenvalue weighted by molar-refractivity contribution is -0.384. The minimum absolute atomic E-state index is 0.0325. The summed E-state index contributed by atoms with van der Waals surface area (Å²) in [6.07, 6.45) is -2.77. The van der Waals surface area contributed by atoms with Crippen LogP contribution >= 0.6 is 0 Å². The van der Waals surface area contributed by atoms with E-state index in [4.69, 9.17) is 4.74 Å². The average molecular weight is 241 g/mol. The number of hydrogen-bond acceptors (Lipinski definition) is 3. The summed E-state index contributed by atoms with van der Waals surface area (Å²) in [5, 5.41) is 10.4. The highest BCUT2D eigenvalue weighted by Gasteiger charge is 2.43. The van der Waals surface area contributed by atoms with Crippen LogP contribution in [0.5, 0.6) is 0 Å². The van der Waals surface area contributed by atoms with Gasteiger partial charge in [-0.05, 0) is 24.6 Å². The van der Waals surface area contributed by atoms with Crippen molar-refractivity contribution in [1.29, 1.82) is 0 Å². The Labute approximate surface area is 95.7 Å². The maximum absolute atomic E-state index is 12.3. The van der Waals surface area contributed by atoms with E-state index in [0.717, 1.165) is 0 Å². The Bertz CT molecular complexity index is 480. The van der Waals surface area contributed by atoms with Crippen molar-refractivity contribution in [2.24, 2.45) is 0 Å². The van der Waals surface area contributed by atoms with Crippen LogP contribution in [-0.2, 0) is 4.74 Å². The van der Waals surface area contributed by atoms with Gasteiger partial charge < -0.3 is 4.74 Å². The van der Waals surface area contributed by atoms with E-state index in [2.05, 4.69) is 0 Å². The standard InChI is InChI=1S/C11H9F2NO3/c1-6(11(12)13)9-10(17-9)7-2-4-8(5-3-7)14(15)16/h2-5,9-10H,1H3/t9-,10+/m1/s1. The van der Waals surface area contributed by atoms with Gasteiger partial charge in [-0.15, -0.1) is 0 Å². The highest BCUT2D eigenvalue weighted by molar-refractivity contribution is 5.37. The normalized spacial score (nSPS) is 22.1. The zero-order valence-electron chi connectivity index (χ0n) is 8.89. The molecule has 0 aliphatic carbocycles. The first-order chi connectivity index (χ1) is 8.00. The third-order valence-corrected chi connectivity index (χ3v) is 2.65. The molecule has 4 nitrogen and oxygen atoms in total. The predicted molar refractivity (Wildman–Crippen MR) is 55.6 cm³/mol. The number of nitro benzene ring substituents is 1. The molecule has 1 aliphatic rings. The van der Waals surface area contributed by atoms with E-state index in [0.29, 0.717) is 5.56 Å². The molecular weight excluding hydrogens is 232 g/mol. The Morgan fingerprint density at radius 2 is 1.94 bits per heavy atom. The van der Waals surface area contributed by atoms with Crippen LogP contribution in [0.15, 0.2) is 35.9 Å². The molecule has 1 aliphatic heterocycles. The molecule has 17 heavy (non-hydrogen) atoms. The highest BCUT2D eigenvalue weighted by Crippen LogP contribution is 2.44. The summed E-state index contributed by atoms with van der Waals surface area (Å²) in [7, 11) is 0. The fraction of sp³-hybridized carbons (Fsp3) is 0.273. The Morgan fingerprint density at radius 3 is 2.41 bits per heavy atom. The smallest absolute Gasteiger partial charge is 0.271 e. The number of non-ortho nitro benzene ring substituents is 1. The molecular formula is C11H9F2NO3. The lowest BCUT2D eigenvalue weighted by Crippen LogP contribution is -1.93. The van der Waals surface area contributed by atoms with Crippen LogP contribution in [0.2, 0.25) is 0 Å². The number of epoxide rings is 1. The maximum atomic E-state index is 12.3. The molecule has 1 saturated heterocycles. The molecule has 1 fully saturated rings. The van der Waals surface area contributed by atoms with Crippen LogP contribution in [0.25, 0.3) is 0 Å². The van der Waals surface area contributed by atoms with Crippen molar-refractivity contribution in [2.75, 3.05) is 0 Å². The van der Waals surface area contributed by atoms with Gasteiger partial charge in [-0.2, -0.15) is 8.78 Å². The second-order valence-electron chi connectivity index (χ2n) is 3.77. The summed E-state index contributed by atoms with van der Waals surface area (Å²) in [5.41, 5.74) is 0.546. The number of halogens is 2. The van der Waals surface area contributed by atoms with Crippen molar-refractivity contribution in [3.05, 3.63) is 51.6 Å². The van der Waals surface area contributed by atoms with Crippen LogP contribution in [0, 0.1) is 10.1 Å². The van der Waals surface area contributed by atoms with Gasteiger partial charge in [-0.25, -0.2) is 0 Å². The second kappa shape index (κ2) is 4.21. The van der Waals surface area contributed by atoms with Crippen molar-refractivity contribution >= 4 is 5.69 Å². The van der Waals surface area contributed by atoms with Crippen molar-refractivity contribution in [3.63, 3.8) is 0 Å². The number of hydrogen-bond donors (Lipinski definition) is 0. The van der Waals surface area contributed by atoms with Crippen molar-refractivity contribution in [1.82, 2.24) is 0 Å². The monoisotopic (exact) mass is 241 g/mol. The first kappa shape index (κ1) is 11.7. The summed E-state index contributed by atoms with van der Waals surface area (Å²) >= 11 is 0. The molecule has 0 saturated carbocycles. The van der Waals surface area contributed by atoms with Gasteiger partial charge >= 0.3 is 0 Å². The predicted octanol–water partition coefficient (Wildman–Crippen LogP) is 3.21. The highest BCUT2D eigenvalue weighted by atomic mass is 19.3. The van der Waals surface area contributed by atoms with E-state index >= 15 is 0 Å². The fourth-order valence-electron chi connectivity index (χ4n) is 1.59. The molecule has 0 spiro atoms. The summed E-state index contributed by atoms with van der Waals surface area (Å²) in [6, 6.07) is 5.70. The lowest BCUT2D eigenvalue weighted by Gasteiger charge is -1.96. The second-order valence-corrected chi connectivity index (χ2v) is 3.77. The van der Waals surface area contributed by atoms with E-state index in [-0.39, 0.29) is 11.3 Å². The molecule has 0 aromatic heterocycles. The molecule has 0 amide bonds. The molecule has 0 unspecified atom stereocenters. The zero-order valence-corrected chi connectivity index (χ0v) is 8.89. The summed E-state index contributed by atoms with van der Waals surface area (Å²) in [4.78, 5) is 9.91. The Balaban J connectivity index is 2.12. The summed E-state index contributed by atoms with van der Waals surface area (Å²) in [5.74, 6) is 0. The van der Waals surface area contributed by atoms with E-state index in [1.54, 1.807) is 0 Å². The molecule has 1 heterocycles. The molecule has 1 aromatic carbocycles. The molecule has 90 valence electrons. The molecule has 0 bridgehead atoms. The zero-order chi connectivity index (χ0) is 12.6. The molecule has 2 rings (SSSR count). The molecule has 1 aromatic rings. The SMILES string of the molecule is CC(=C(F)F)[C@H]1O[C@H]1c1ccc([N+](=O)[O-])cc1. The van der Waals surface area contributed by atoms with Crippen molar-refractivity contribution < 1.29 is 18.4 Å². The summed E-state index contributed by atoms with van der Waals surface area (Å²) < 4.78 is 29.7. The third kappa shape index (κ3) is 2.31. The molecule has 6 heteroatoms. The third-order valence-electron chi connectivity index (χ3n) is 2.65. The number of nitro groups is 1. The largest absolute Gasteiger partial charge is 0.360 e. The topological polar surface area (TPSA) is 55.7 Å². The van der Waals surface area contributed by atoms with Crippen LogP contribution in [0.4, 0.5) is 14.5 Å². The van der Waals surface area contributed by atoms with E-state index in [1.807, 2.05) is 0 Å². The van der Waals surface area contributed by atoms with Crippen molar-refractivity contribution in [3.8, 4) is 0 Å². The Morgan fingerprint density at radius 1 is 1.35 bits per heavy atom. The van der Waals surface area contributed by atoms with E-state index < -0.39 is 23.2 Å². The Hall–Kier alpha value is -1.82. The van der Waals surface area contributed by atoms with Gasteiger partial charge in [0, 0.05) is 17.7 Å². The quantitative estimate of drug-likeness (QED) is 0.464. The number of ether oxygens (including phenoxy) is 1. The van der Waals surface area contributed by atoms with Crippen molar-refractivity contribution in [2.45, 2.75) is 19.1 Å². The van der Waals surface area contributed by atoms with Gasteiger partial charge in [-0.3, -0.25) is 10.1 Å². The van der Waals surface area contributed by atoms with Gasteiger partial charge in [0.15, 0.2) is 0 Å². The lowest BCUT2D eigenvalue weighted by atomic mass is 10.1. The van der Waals surface area contributed by atoms with Crippen LogP contribution in [0.3, 0.4) is 0 Å². The molecule has 0 radical (unpaired) electrons. The maximum Gasteiger partial charge on any atom is 0.271 e.